The molecule has 30 heavy (non-hydrogen) atoms. The standard InChI is InChI=1S/C24H29N5O/c1-16-5-8-20(17(2)12-16)21-13-22-23(25-9-11-29(22)27-21)28-10-3-4-19(15-28)24(30)26-14-18-6-7-18/h5,8-9,11-13,18-19H,3-4,6-7,10,14-15H2,1-2H3,(H,26,30)/t19-/m0/s1. The smallest absolute Gasteiger partial charge is 0.224 e. The Balaban J connectivity index is 1.41. The second-order valence-electron chi connectivity index (χ2n) is 8.90. The summed E-state index contributed by atoms with van der Waals surface area (Å²) in [6.07, 6.45) is 8.17. The Morgan fingerprint density at radius 2 is 2.07 bits per heavy atom. The molecule has 156 valence electrons. The van der Waals surface area contributed by atoms with E-state index in [2.05, 4.69) is 53.3 Å². The molecule has 1 atom stereocenters. The summed E-state index contributed by atoms with van der Waals surface area (Å²) in [5.74, 6) is 1.85. The molecule has 6 nitrogen and oxygen atoms in total. The molecule has 0 unspecified atom stereocenters. The molecule has 5 rings (SSSR count). The Hall–Kier alpha value is -2.89. The Kier molecular flexibility index (Phi) is 4.93. The van der Waals surface area contributed by atoms with E-state index < -0.39 is 0 Å². The summed E-state index contributed by atoms with van der Waals surface area (Å²) in [6, 6.07) is 8.58. The number of anilines is 1. The van der Waals surface area contributed by atoms with Gasteiger partial charge in [-0.2, -0.15) is 5.10 Å². The van der Waals surface area contributed by atoms with Gasteiger partial charge < -0.3 is 10.2 Å². The van der Waals surface area contributed by atoms with Gasteiger partial charge in [0.15, 0.2) is 5.82 Å². The summed E-state index contributed by atoms with van der Waals surface area (Å²) in [5, 5.41) is 7.97. The monoisotopic (exact) mass is 403 g/mol. The molecule has 1 aliphatic heterocycles. The maximum atomic E-state index is 12.6. The molecule has 2 aromatic heterocycles. The molecule has 1 saturated heterocycles. The highest BCUT2D eigenvalue weighted by molar-refractivity contribution is 5.81. The molecule has 3 aromatic rings. The number of benzene rings is 1. The fourth-order valence-corrected chi connectivity index (χ4v) is 4.48. The van der Waals surface area contributed by atoms with E-state index in [1.54, 1.807) is 6.20 Å². The number of nitrogens with one attached hydrogen (secondary N) is 1. The fourth-order valence-electron chi connectivity index (χ4n) is 4.48. The van der Waals surface area contributed by atoms with Crippen LogP contribution in [0.1, 0.15) is 36.8 Å². The summed E-state index contributed by atoms with van der Waals surface area (Å²) in [5.41, 5.74) is 5.57. The minimum Gasteiger partial charge on any atom is -0.356 e. The van der Waals surface area contributed by atoms with Crippen molar-refractivity contribution in [2.24, 2.45) is 11.8 Å². The van der Waals surface area contributed by atoms with Gasteiger partial charge in [0.25, 0.3) is 0 Å². The Bertz CT molecular complexity index is 1080. The van der Waals surface area contributed by atoms with Gasteiger partial charge in [-0.1, -0.05) is 23.8 Å². The van der Waals surface area contributed by atoms with Crippen LogP contribution in [0, 0.1) is 25.7 Å². The molecular weight excluding hydrogens is 374 g/mol. The van der Waals surface area contributed by atoms with Crippen LogP contribution >= 0.6 is 0 Å². The lowest BCUT2D eigenvalue weighted by Gasteiger charge is -2.33. The zero-order chi connectivity index (χ0) is 20.7. The van der Waals surface area contributed by atoms with Crippen molar-refractivity contribution in [3.63, 3.8) is 0 Å². The minimum atomic E-state index is 0.0290. The molecule has 1 aliphatic carbocycles. The number of hydrogen-bond donors (Lipinski definition) is 1. The topological polar surface area (TPSA) is 62.5 Å². The van der Waals surface area contributed by atoms with Crippen LogP contribution in [0.3, 0.4) is 0 Å². The average Bonchev–Trinajstić information content (AvgIpc) is 3.48. The lowest BCUT2D eigenvalue weighted by molar-refractivity contribution is -0.125. The van der Waals surface area contributed by atoms with Gasteiger partial charge in [-0.25, -0.2) is 9.50 Å². The molecular formula is C24H29N5O. The molecule has 0 spiro atoms. The fraction of sp³-hybridized carbons (Fsp3) is 0.458. The van der Waals surface area contributed by atoms with Crippen molar-refractivity contribution in [1.82, 2.24) is 19.9 Å². The SMILES string of the molecule is Cc1ccc(-c2cc3c(N4CCC[C@H](C(=O)NCC5CC5)C4)nccn3n2)c(C)c1. The minimum absolute atomic E-state index is 0.0290. The van der Waals surface area contributed by atoms with Crippen LogP contribution in [0.5, 0.6) is 0 Å². The third-order valence-corrected chi connectivity index (χ3v) is 6.38. The molecule has 3 heterocycles. The van der Waals surface area contributed by atoms with Crippen molar-refractivity contribution in [3.05, 3.63) is 47.8 Å². The zero-order valence-corrected chi connectivity index (χ0v) is 17.8. The molecule has 0 bridgehead atoms. The van der Waals surface area contributed by atoms with Gasteiger partial charge in [0.1, 0.15) is 5.52 Å². The number of nitrogens with zero attached hydrogens (tertiary/aromatic N) is 4. The van der Waals surface area contributed by atoms with Crippen LogP contribution in [-0.2, 0) is 4.79 Å². The van der Waals surface area contributed by atoms with E-state index in [9.17, 15) is 4.79 Å². The lowest BCUT2D eigenvalue weighted by Crippen LogP contribution is -2.44. The van der Waals surface area contributed by atoms with Crippen molar-refractivity contribution < 1.29 is 4.79 Å². The first-order valence-electron chi connectivity index (χ1n) is 11.0. The first-order valence-corrected chi connectivity index (χ1v) is 11.0. The van der Waals surface area contributed by atoms with Crippen LogP contribution in [0.25, 0.3) is 16.8 Å². The summed E-state index contributed by atoms with van der Waals surface area (Å²) in [6.45, 7) is 6.71. The second kappa shape index (κ2) is 7.74. The number of aryl methyl sites for hydroxylation is 2. The van der Waals surface area contributed by atoms with Crippen molar-refractivity contribution in [2.45, 2.75) is 39.5 Å². The Morgan fingerprint density at radius 1 is 1.20 bits per heavy atom. The van der Waals surface area contributed by atoms with E-state index in [0.717, 1.165) is 48.5 Å². The zero-order valence-electron chi connectivity index (χ0n) is 17.8. The van der Waals surface area contributed by atoms with Gasteiger partial charge in [-0.05, 0) is 57.1 Å². The molecule has 6 heteroatoms. The third-order valence-electron chi connectivity index (χ3n) is 6.38. The van der Waals surface area contributed by atoms with Crippen LogP contribution in [0.15, 0.2) is 36.7 Å². The van der Waals surface area contributed by atoms with Gasteiger partial charge in [0, 0.05) is 37.6 Å². The maximum absolute atomic E-state index is 12.6. The lowest BCUT2D eigenvalue weighted by atomic mass is 9.97. The molecule has 1 aromatic carbocycles. The van der Waals surface area contributed by atoms with Crippen LogP contribution in [-0.4, -0.2) is 40.1 Å². The van der Waals surface area contributed by atoms with Gasteiger partial charge in [-0.3, -0.25) is 4.79 Å². The molecule has 2 aliphatic rings. The van der Waals surface area contributed by atoms with Crippen LogP contribution in [0.4, 0.5) is 5.82 Å². The number of aromatic nitrogens is 3. The van der Waals surface area contributed by atoms with Crippen LogP contribution in [0.2, 0.25) is 0 Å². The maximum Gasteiger partial charge on any atom is 0.224 e. The predicted molar refractivity (Wildman–Crippen MR) is 119 cm³/mol. The van der Waals surface area contributed by atoms with E-state index in [4.69, 9.17) is 5.10 Å². The summed E-state index contributed by atoms with van der Waals surface area (Å²) in [7, 11) is 0. The number of piperidine rings is 1. The number of fused-ring (bicyclic) bond motifs is 1. The number of carbonyl (C=O) groups excluding carboxylic acids is 1. The average molecular weight is 404 g/mol. The summed E-state index contributed by atoms with van der Waals surface area (Å²) >= 11 is 0. The van der Waals surface area contributed by atoms with E-state index in [1.807, 2.05) is 10.7 Å². The highest BCUT2D eigenvalue weighted by Gasteiger charge is 2.29. The quantitative estimate of drug-likeness (QED) is 0.705. The van der Waals surface area contributed by atoms with Gasteiger partial charge in [-0.15, -0.1) is 0 Å². The van der Waals surface area contributed by atoms with E-state index in [0.29, 0.717) is 12.5 Å². The summed E-state index contributed by atoms with van der Waals surface area (Å²) in [4.78, 5) is 19.6. The first-order chi connectivity index (χ1) is 14.6. The normalized spacial score (nSPS) is 19.3. The van der Waals surface area contributed by atoms with Crippen molar-refractivity contribution in [3.8, 4) is 11.3 Å². The molecule has 0 radical (unpaired) electrons. The van der Waals surface area contributed by atoms with E-state index in [-0.39, 0.29) is 11.8 Å². The molecule has 2 fully saturated rings. The number of rotatable bonds is 5. The Morgan fingerprint density at radius 3 is 2.87 bits per heavy atom. The number of amides is 1. The number of carbonyl (C=O) groups is 1. The van der Waals surface area contributed by atoms with E-state index in [1.165, 1.54) is 24.0 Å². The van der Waals surface area contributed by atoms with Crippen molar-refractivity contribution in [1.29, 1.82) is 0 Å². The highest BCUT2D eigenvalue weighted by atomic mass is 16.1. The van der Waals surface area contributed by atoms with Gasteiger partial charge in [0.05, 0.1) is 11.6 Å². The van der Waals surface area contributed by atoms with Gasteiger partial charge in [0.2, 0.25) is 5.91 Å². The molecule has 1 N–H and O–H groups in total. The largest absolute Gasteiger partial charge is 0.356 e. The van der Waals surface area contributed by atoms with E-state index >= 15 is 0 Å². The Labute approximate surface area is 177 Å². The number of hydrogen-bond acceptors (Lipinski definition) is 4. The van der Waals surface area contributed by atoms with Crippen molar-refractivity contribution in [2.75, 3.05) is 24.5 Å². The molecule has 1 saturated carbocycles. The van der Waals surface area contributed by atoms with Gasteiger partial charge >= 0.3 is 0 Å². The van der Waals surface area contributed by atoms with Crippen molar-refractivity contribution >= 4 is 17.2 Å². The third kappa shape index (κ3) is 3.78. The second-order valence-corrected chi connectivity index (χ2v) is 8.90. The highest BCUT2D eigenvalue weighted by Crippen LogP contribution is 2.30. The van der Waals surface area contributed by atoms with Crippen LogP contribution < -0.4 is 10.2 Å². The first kappa shape index (κ1) is 19.1. The summed E-state index contributed by atoms with van der Waals surface area (Å²) < 4.78 is 1.91. The predicted octanol–water partition coefficient (Wildman–Crippen LogP) is 3.76. The molecule has 1 amide bonds.